The van der Waals surface area contributed by atoms with Crippen molar-refractivity contribution >= 4 is 5.91 Å². The van der Waals surface area contributed by atoms with Crippen LogP contribution in [0.2, 0.25) is 0 Å². The van der Waals surface area contributed by atoms with Gasteiger partial charge >= 0.3 is 0 Å². The lowest BCUT2D eigenvalue weighted by Gasteiger charge is -2.38. The topological polar surface area (TPSA) is 41.6 Å². The predicted octanol–water partition coefficient (Wildman–Crippen LogP) is 0.111. The molecule has 78 valence electrons. The Balaban J connectivity index is 2.27. The second kappa shape index (κ2) is 3.28. The van der Waals surface area contributed by atoms with Crippen LogP contribution in [0.4, 0.5) is 0 Å². The summed E-state index contributed by atoms with van der Waals surface area (Å²) in [5.41, 5.74) is -0.0896. The van der Waals surface area contributed by atoms with Gasteiger partial charge in [0.25, 0.3) is 5.91 Å². The molecule has 2 aliphatic rings. The number of amides is 1. The molecule has 2 heterocycles. The molecule has 0 atom stereocenters. The van der Waals surface area contributed by atoms with Gasteiger partial charge in [-0.3, -0.25) is 4.79 Å². The minimum atomic E-state index is -0.0896. The van der Waals surface area contributed by atoms with E-state index in [1.807, 2.05) is 18.0 Å². The highest BCUT2D eigenvalue weighted by Crippen LogP contribution is 2.34. The van der Waals surface area contributed by atoms with Gasteiger partial charge in [0.1, 0.15) is 0 Å². The van der Waals surface area contributed by atoms with E-state index in [2.05, 4.69) is 5.32 Å². The number of hydrogen-bond acceptors (Lipinski definition) is 3. The number of rotatable bonds is 1. The lowest BCUT2D eigenvalue weighted by atomic mass is 9.88. The highest BCUT2D eigenvalue weighted by molar-refractivity contribution is 5.95. The molecule has 0 saturated carbocycles. The standard InChI is InChI=1S/C10H16N2O2/c1-12-9(13)8(14-2)7-10(12)3-5-11-6-4-10/h7,11H,3-6H2,1-2H3. The first kappa shape index (κ1) is 9.52. The Morgan fingerprint density at radius 1 is 1.50 bits per heavy atom. The molecule has 4 nitrogen and oxygen atoms in total. The van der Waals surface area contributed by atoms with Crippen LogP contribution in [-0.4, -0.2) is 43.6 Å². The van der Waals surface area contributed by atoms with Crippen LogP contribution in [0.25, 0.3) is 0 Å². The van der Waals surface area contributed by atoms with Crippen molar-refractivity contribution < 1.29 is 9.53 Å². The summed E-state index contributed by atoms with van der Waals surface area (Å²) in [5, 5.41) is 3.30. The van der Waals surface area contributed by atoms with Crippen LogP contribution in [0.3, 0.4) is 0 Å². The predicted molar refractivity (Wildman–Crippen MR) is 52.7 cm³/mol. The zero-order valence-corrected chi connectivity index (χ0v) is 8.67. The molecule has 1 fully saturated rings. The molecule has 0 radical (unpaired) electrons. The Hall–Kier alpha value is -1.03. The van der Waals surface area contributed by atoms with E-state index in [0.29, 0.717) is 5.76 Å². The van der Waals surface area contributed by atoms with Gasteiger partial charge in [0.15, 0.2) is 5.76 Å². The lowest BCUT2D eigenvalue weighted by molar-refractivity contribution is -0.131. The molecule has 0 bridgehead atoms. The molecule has 1 amide bonds. The third kappa shape index (κ3) is 1.21. The summed E-state index contributed by atoms with van der Waals surface area (Å²) in [5.74, 6) is 0.504. The number of carbonyl (C=O) groups is 1. The van der Waals surface area contributed by atoms with E-state index in [1.165, 1.54) is 0 Å². The molecule has 14 heavy (non-hydrogen) atoms. The second-order valence-electron chi connectivity index (χ2n) is 3.93. The van der Waals surface area contributed by atoms with Crippen molar-refractivity contribution in [3.8, 4) is 0 Å². The van der Waals surface area contributed by atoms with Gasteiger partial charge in [-0.25, -0.2) is 0 Å². The Bertz CT molecular complexity index is 280. The first-order valence-electron chi connectivity index (χ1n) is 4.95. The summed E-state index contributed by atoms with van der Waals surface area (Å²) >= 11 is 0. The summed E-state index contributed by atoms with van der Waals surface area (Å²) < 4.78 is 5.07. The van der Waals surface area contributed by atoms with Crippen LogP contribution in [0.5, 0.6) is 0 Å². The molecule has 0 aromatic heterocycles. The van der Waals surface area contributed by atoms with Crippen molar-refractivity contribution in [2.45, 2.75) is 18.4 Å². The summed E-state index contributed by atoms with van der Waals surface area (Å²) in [6, 6.07) is 0. The molecule has 0 aliphatic carbocycles. The number of carbonyl (C=O) groups excluding carboxylic acids is 1. The van der Waals surface area contributed by atoms with Crippen molar-refractivity contribution in [2.75, 3.05) is 27.2 Å². The lowest BCUT2D eigenvalue weighted by Crippen LogP contribution is -2.50. The van der Waals surface area contributed by atoms with Crippen LogP contribution in [0, 0.1) is 0 Å². The minimum absolute atomic E-state index is 0.00870. The first-order valence-corrected chi connectivity index (χ1v) is 4.95. The fraction of sp³-hybridized carbons (Fsp3) is 0.700. The van der Waals surface area contributed by atoms with Crippen molar-refractivity contribution in [2.24, 2.45) is 0 Å². The molecular formula is C10H16N2O2. The molecule has 2 aliphatic heterocycles. The third-order valence-electron chi connectivity index (χ3n) is 3.27. The summed E-state index contributed by atoms with van der Waals surface area (Å²) in [4.78, 5) is 13.5. The number of nitrogens with zero attached hydrogens (tertiary/aromatic N) is 1. The van der Waals surface area contributed by atoms with E-state index in [1.54, 1.807) is 7.11 Å². The van der Waals surface area contributed by atoms with E-state index in [9.17, 15) is 4.79 Å². The smallest absolute Gasteiger partial charge is 0.289 e. The van der Waals surface area contributed by atoms with Crippen LogP contribution in [0.1, 0.15) is 12.8 Å². The second-order valence-corrected chi connectivity index (χ2v) is 3.93. The Kier molecular flexibility index (Phi) is 2.23. The van der Waals surface area contributed by atoms with Gasteiger partial charge in [-0.15, -0.1) is 0 Å². The maximum atomic E-state index is 11.7. The zero-order chi connectivity index (χ0) is 10.2. The Labute approximate surface area is 83.9 Å². The Morgan fingerprint density at radius 3 is 2.64 bits per heavy atom. The fourth-order valence-electron chi connectivity index (χ4n) is 2.26. The van der Waals surface area contributed by atoms with Crippen LogP contribution in [0.15, 0.2) is 11.8 Å². The molecule has 1 saturated heterocycles. The molecule has 1 N–H and O–H groups in total. The SMILES string of the molecule is COC1=CC2(CCNCC2)N(C)C1=O. The first-order chi connectivity index (χ1) is 6.69. The number of methoxy groups -OCH3 is 1. The minimum Gasteiger partial charge on any atom is -0.491 e. The average molecular weight is 196 g/mol. The normalized spacial score (nSPS) is 25.4. The zero-order valence-electron chi connectivity index (χ0n) is 8.67. The Morgan fingerprint density at radius 2 is 2.14 bits per heavy atom. The van der Waals surface area contributed by atoms with Gasteiger partial charge in [-0.2, -0.15) is 0 Å². The van der Waals surface area contributed by atoms with Gasteiger partial charge in [0, 0.05) is 7.05 Å². The quantitative estimate of drug-likeness (QED) is 0.647. The van der Waals surface area contributed by atoms with Crippen LogP contribution in [-0.2, 0) is 9.53 Å². The van der Waals surface area contributed by atoms with Crippen LogP contribution < -0.4 is 5.32 Å². The maximum Gasteiger partial charge on any atom is 0.289 e. The van der Waals surface area contributed by atoms with Crippen molar-refractivity contribution in [3.05, 3.63) is 11.8 Å². The average Bonchev–Trinajstić information content (AvgIpc) is 2.45. The van der Waals surface area contributed by atoms with E-state index < -0.39 is 0 Å². The van der Waals surface area contributed by atoms with E-state index in [4.69, 9.17) is 4.74 Å². The fourth-order valence-corrected chi connectivity index (χ4v) is 2.26. The number of likely N-dealkylation sites (N-methyl/N-ethyl adjacent to an activating group) is 1. The van der Waals surface area contributed by atoms with Crippen molar-refractivity contribution in [1.29, 1.82) is 0 Å². The van der Waals surface area contributed by atoms with Crippen molar-refractivity contribution in [1.82, 2.24) is 10.2 Å². The number of ether oxygens (including phenoxy) is 1. The largest absolute Gasteiger partial charge is 0.491 e. The van der Waals surface area contributed by atoms with Gasteiger partial charge in [-0.1, -0.05) is 0 Å². The molecule has 0 aromatic carbocycles. The number of nitrogens with one attached hydrogen (secondary N) is 1. The summed E-state index contributed by atoms with van der Waals surface area (Å²) in [6.45, 7) is 1.93. The van der Waals surface area contributed by atoms with E-state index in [0.717, 1.165) is 25.9 Å². The number of piperidine rings is 1. The maximum absolute atomic E-state index is 11.7. The van der Waals surface area contributed by atoms with Crippen LogP contribution >= 0.6 is 0 Å². The molecule has 0 aromatic rings. The molecule has 1 spiro atoms. The molecule has 4 heteroatoms. The molecular weight excluding hydrogens is 180 g/mol. The highest BCUT2D eigenvalue weighted by Gasteiger charge is 2.44. The molecule has 0 unspecified atom stereocenters. The van der Waals surface area contributed by atoms with Gasteiger partial charge in [-0.05, 0) is 32.0 Å². The number of hydrogen-bond donors (Lipinski definition) is 1. The summed E-state index contributed by atoms with van der Waals surface area (Å²) in [7, 11) is 3.41. The van der Waals surface area contributed by atoms with Gasteiger partial charge in [0.2, 0.25) is 0 Å². The van der Waals surface area contributed by atoms with Crippen molar-refractivity contribution in [3.63, 3.8) is 0 Å². The van der Waals surface area contributed by atoms with E-state index >= 15 is 0 Å². The highest BCUT2D eigenvalue weighted by atomic mass is 16.5. The third-order valence-corrected chi connectivity index (χ3v) is 3.27. The van der Waals surface area contributed by atoms with Gasteiger partial charge < -0.3 is 15.0 Å². The monoisotopic (exact) mass is 196 g/mol. The van der Waals surface area contributed by atoms with Gasteiger partial charge in [0.05, 0.1) is 12.6 Å². The molecule has 2 rings (SSSR count). The van der Waals surface area contributed by atoms with E-state index in [-0.39, 0.29) is 11.4 Å². The summed E-state index contributed by atoms with van der Waals surface area (Å²) in [6.07, 6.45) is 3.93.